The Hall–Kier alpha value is -3.35. The molecule has 0 spiro atoms. The number of methoxy groups -OCH3 is 1. The largest absolute Gasteiger partial charge is 0.497 e. The van der Waals surface area contributed by atoms with E-state index in [2.05, 4.69) is 0 Å². The maximum atomic E-state index is 13.2. The number of fused-ring (bicyclic) bond motifs is 5. The fourth-order valence-electron chi connectivity index (χ4n) is 4.18. The fraction of sp³-hybridized carbons (Fsp3) is 0.250. The Morgan fingerprint density at radius 2 is 1.96 bits per heavy atom. The second-order valence-electron chi connectivity index (χ2n) is 6.37. The van der Waals surface area contributed by atoms with Crippen molar-refractivity contribution in [1.82, 2.24) is 0 Å². The molecule has 1 N–H and O–H groups in total. The molecule has 2 aliphatic heterocycles. The molecule has 7 nitrogen and oxygen atoms in total. The van der Waals surface area contributed by atoms with E-state index in [0.29, 0.717) is 28.1 Å². The summed E-state index contributed by atoms with van der Waals surface area (Å²) in [6, 6.07) is 11.4. The van der Waals surface area contributed by atoms with Crippen LogP contribution in [-0.2, 0) is 19.9 Å². The van der Waals surface area contributed by atoms with Gasteiger partial charge in [-0.1, -0.05) is 18.2 Å². The fourth-order valence-corrected chi connectivity index (χ4v) is 4.18. The lowest BCUT2D eigenvalue weighted by Gasteiger charge is -2.33. The highest BCUT2D eigenvalue weighted by Crippen LogP contribution is 2.59. The molecule has 0 saturated carbocycles. The summed E-state index contributed by atoms with van der Waals surface area (Å²) in [6.07, 6.45) is 0. The minimum Gasteiger partial charge on any atom is -0.497 e. The highest BCUT2D eigenvalue weighted by atomic mass is 16.5. The van der Waals surface area contributed by atoms with Gasteiger partial charge >= 0.3 is 11.9 Å². The number of amides is 1. The van der Waals surface area contributed by atoms with Crippen molar-refractivity contribution in [3.63, 3.8) is 0 Å². The van der Waals surface area contributed by atoms with Crippen LogP contribution in [0.3, 0.4) is 0 Å². The number of hydrogen-bond acceptors (Lipinski definition) is 5. The molecule has 4 rings (SSSR count). The van der Waals surface area contributed by atoms with Gasteiger partial charge in [0.05, 0.1) is 19.4 Å². The van der Waals surface area contributed by atoms with E-state index in [-0.39, 0.29) is 6.61 Å². The van der Waals surface area contributed by atoms with Gasteiger partial charge < -0.3 is 14.6 Å². The molecule has 0 aliphatic carbocycles. The molecular weight excluding hydrogens is 350 g/mol. The molecule has 0 fully saturated rings. The van der Waals surface area contributed by atoms with Gasteiger partial charge in [0.2, 0.25) is 0 Å². The van der Waals surface area contributed by atoms with Crippen molar-refractivity contribution in [2.75, 3.05) is 18.6 Å². The van der Waals surface area contributed by atoms with Gasteiger partial charge in [0.15, 0.2) is 5.54 Å². The number of rotatable bonds is 4. The number of ether oxygens (including phenoxy) is 2. The molecule has 2 aromatic rings. The molecule has 2 unspecified atom stereocenters. The number of hydrogen-bond donors (Lipinski definition) is 1. The first-order chi connectivity index (χ1) is 13.0. The predicted octanol–water partition coefficient (Wildman–Crippen LogP) is 2.30. The summed E-state index contributed by atoms with van der Waals surface area (Å²) in [5.41, 5.74) is -0.408. The standard InChI is InChI=1S/C20H17NO6/c1-3-27-19(25)20-14-7-5-4-6-12(14)17(22)21(20)15-9-8-11(26-2)10-13(15)16(20)18(23)24/h4-10,16H,3H2,1-2H3,(H,23,24). The summed E-state index contributed by atoms with van der Waals surface area (Å²) in [5.74, 6) is -3.26. The van der Waals surface area contributed by atoms with Gasteiger partial charge in [0.25, 0.3) is 5.91 Å². The van der Waals surface area contributed by atoms with Gasteiger partial charge in [-0.05, 0) is 36.8 Å². The second-order valence-corrected chi connectivity index (χ2v) is 6.37. The third kappa shape index (κ3) is 1.99. The minimum absolute atomic E-state index is 0.0663. The van der Waals surface area contributed by atoms with Gasteiger partial charge in [-0.2, -0.15) is 0 Å². The van der Waals surface area contributed by atoms with Gasteiger partial charge in [0.1, 0.15) is 11.7 Å². The van der Waals surface area contributed by atoms with Crippen LogP contribution in [0.1, 0.15) is 34.3 Å². The number of benzene rings is 2. The smallest absolute Gasteiger partial charge is 0.338 e. The molecule has 0 saturated heterocycles. The molecule has 2 atom stereocenters. The molecular formula is C20H17NO6. The molecule has 2 aromatic carbocycles. The summed E-state index contributed by atoms with van der Waals surface area (Å²) in [6.45, 7) is 1.71. The zero-order valence-electron chi connectivity index (χ0n) is 14.8. The van der Waals surface area contributed by atoms with E-state index in [4.69, 9.17) is 9.47 Å². The van der Waals surface area contributed by atoms with Crippen LogP contribution in [0.2, 0.25) is 0 Å². The Bertz CT molecular complexity index is 984. The lowest BCUT2D eigenvalue weighted by atomic mass is 9.77. The molecule has 2 heterocycles. The highest BCUT2D eigenvalue weighted by Gasteiger charge is 2.68. The Balaban J connectivity index is 2.08. The lowest BCUT2D eigenvalue weighted by Crippen LogP contribution is -2.52. The van der Waals surface area contributed by atoms with Crippen molar-refractivity contribution in [3.05, 3.63) is 59.2 Å². The van der Waals surface area contributed by atoms with Crippen LogP contribution in [0.5, 0.6) is 5.75 Å². The first-order valence-corrected chi connectivity index (χ1v) is 8.50. The number of carbonyl (C=O) groups is 3. The number of carboxylic acid groups (broad SMARTS) is 1. The van der Waals surface area contributed by atoms with E-state index in [9.17, 15) is 19.5 Å². The Labute approximate surface area is 155 Å². The normalized spacial score (nSPS) is 22.1. The summed E-state index contributed by atoms with van der Waals surface area (Å²) in [5, 5.41) is 10.1. The second kappa shape index (κ2) is 5.84. The van der Waals surface area contributed by atoms with Crippen molar-refractivity contribution < 1.29 is 29.0 Å². The number of nitrogens with zero attached hydrogens (tertiary/aromatic N) is 1. The van der Waals surface area contributed by atoms with Crippen LogP contribution in [0.4, 0.5) is 5.69 Å². The van der Waals surface area contributed by atoms with Gasteiger partial charge in [0, 0.05) is 11.1 Å². The first-order valence-electron chi connectivity index (χ1n) is 8.50. The maximum Gasteiger partial charge on any atom is 0.338 e. The number of esters is 1. The molecule has 2 aliphatic rings. The van der Waals surface area contributed by atoms with E-state index in [1.54, 1.807) is 49.4 Å². The SMILES string of the molecule is CCOC(=O)C12c3ccccc3C(=O)N1c1ccc(OC)cc1C2C(=O)O. The third-order valence-electron chi connectivity index (χ3n) is 5.16. The molecule has 0 aromatic heterocycles. The van der Waals surface area contributed by atoms with Crippen LogP contribution in [-0.4, -0.2) is 36.7 Å². The molecule has 27 heavy (non-hydrogen) atoms. The average Bonchev–Trinajstić information content (AvgIpc) is 3.11. The maximum absolute atomic E-state index is 13.2. The topological polar surface area (TPSA) is 93.1 Å². The van der Waals surface area contributed by atoms with Gasteiger partial charge in [-0.15, -0.1) is 0 Å². The van der Waals surface area contributed by atoms with E-state index in [1.165, 1.54) is 12.0 Å². The summed E-state index contributed by atoms with van der Waals surface area (Å²) >= 11 is 0. The third-order valence-corrected chi connectivity index (χ3v) is 5.16. The Kier molecular flexibility index (Phi) is 3.69. The molecule has 138 valence electrons. The highest BCUT2D eigenvalue weighted by molar-refractivity contribution is 6.21. The van der Waals surface area contributed by atoms with E-state index in [1.807, 2.05) is 0 Å². The summed E-state index contributed by atoms with van der Waals surface area (Å²) in [7, 11) is 1.47. The van der Waals surface area contributed by atoms with E-state index >= 15 is 0 Å². The number of anilines is 1. The molecule has 0 bridgehead atoms. The number of carboxylic acids is 1. The van der Waals surface area contributed by atoms with Crippen molar-refractivity contribution in [2.24, 2.45) is 0 Å². The molecule has 1 amide bonds. The number of carbonyl (C=O) groups excluding carboxylic acids is 2. The Morgan fingerprint density at radius 3 is 2.63 bits per heavy atom. The first kappa shape index (κ1) is 17.1. The van der Waals surface area contributed by atoms with Crippen molar-refractivity contribution in [2.45, 2.75) is 18.4 Å². The van der Waals surface area contributed by atoms with Crippen molar-refractivity contribution in [1.29, 1.82) is 0 Å². The quantitative estimate of drug-likeness (QED) is 0.834. The predicted molar refractivity (Wildman–Crippen MR) is 94.9 cm³/mol. The summed E-state index contributed by atoms with van der Waals surface area (Å²) in [4.78, 5) is 40.0. The molecule has 0 radical (unpaired) electrons. The monoisotopic (exact) mass is 367 g/mol. The Morgan fingerprint density at radius 1 is 1.22 bits per heavy atom. The van der Waals surface area contributed by atoms with E-state index < -0.39 is 29.3 Å². The molecule has 7 heteroatoms. The number of aliphatic carboxylic acids is 1. The van der Waals surface area contributed by atoms with Gasteiger partial charge in [-0.3, -0.25) is 14.5 Å². The van der Waals surface area contributed by atoms with Crippen molar-refractivity contribution in [3.8, 4) is 5.75 Å². The summed E-state index contributed by atoms with van der Waals surface area (Å²) < 4.78 is 10.5. The van der Waals surface area contributed by atoms with Crippen molar-refractivity contribution >= 4 is 23.5 Å². The van der Waals surface area contributed by atoms with E-state index in [0.717, 1.165) is 0 Å². The van der Waals surface area contributed by atoms with Crippen LogP contribution in [0.15, 0.2) is 42.5 Å². The lowest BCUT2D eigenvalue weighted by molar-refractivity contribution is -0.155. The zero-order chi connectivity index (χ0) is 19.3. The minimum atomic E-state index is -1.77. The van der Waals surface area contributed by atoms with Crippen LogP contribution < -0.4 is 9.64 Å². The van der Waals surface area contributed by atoms with Crippen LogP contribution in [0, 0.1) is 0 Å². The average molecular weight is 367 g/mol. The zero-order valence-corrected chi connectivity index (χ0v) is 14.8. The van der Waals surface area contributed by atoms with Crippen LogP contribution in [0.25, 0.3) is 0 Å². The van der Waals surface area contributed by atoms with Gasteiger partial charge in [-0.25, -0.2) is 4.79 Å². The van der Waals surface area contributed by atoms with Crippen LogP contribution >= 0.6 is 0 Å².